The quantitative estimate of drug-likeness (QED) is 0.719. The number of benzene rings is 1. The van der Waals surface area contributed by atoms with Crippen LogP contribution in [-0.2, 0) is 11.2 Å². The fourth-order valence-electron chi connectivity index (χ4n) is 1.78. The summed E-state index contributed by atoms with van der Waals surface area (Å²) < 4.78 is 5.68. The molecule has 1 N–H and O–H groups in total. The molecule has 0 bridgehead atoms. The Labute approximate surface area is 110 Å². The minimum absolute atomic E-state index is 0.0972. The van der Waals surface area contributed by atoms with Crippen LogP contribution in [0.4, 0.5) is 0 Å². The van der Waals surface area contributed by atoms with Crippen LogP contribution in [0.5, 0.6) is 5.75 Å². The van der Waals surface area contributed by atoms with Gasteiger partial charge in [-0.2, -0.15) is 0 Å². The molecule has 1 aromatic carbocycles. The van der Waals surface area contributed by atoms with E-state index >= 15 is 0 Å². The molecule has 1 aromatic rings. The lowest BCUT2D eigenvalue weighted by molar-refractivity contribution is -0.120. The largest absolute Gasteiger partial charge is 0.494 e. The summed E-state index contributed by atoms with van der Waals surface area (Å²) in [4.78, 5) is 11.0. The summed E-state index contributed by atoms with van der Waals surface area (Å²) in [6, 6.07) is 8.24. The maximum atomic E-state index is 11.0. The molecule has 100 valence electrons. The Kier molecular flexibility index (Phi) is 6.92. The fraction of sp³-hybridized carbons (Fsp3) is 0.533. The topological polar surface area (TPSA) is 38.3 Å². The molecule has 0 aliphatic heterocycles. The average molecular weight is 249 g/mol. The van der Waals surface area contributed by atoms with E-state index in [4.69, 9.17) is 4.74 Å². The maximum Gasteiger partial charge on any atom is 0.219 e. The molecular weight excluding hydrogens is 226 g/mol. The predicted octanol–water partition coefficient (Wildman–Crippen LogP) is 2.93. The summed E-state index contributed by atoms with van der Waals surface area (Å²) in [7, 11) is 1.66. The SMILES string of the molecule is CCCc1cccc(OCCCCC(=O)NC)c1. The van der Waals surface area contributed by atoms with Gasteiger partial charge in [-0.25, -0.2) is 0 Å². The second kappa shape index (κ2) is 8.56. The summed E-state index contributed by atoms with van der Waals surface area (Å²) in [5.74, 6) is 1.03. The van der Waals surface area contributed by atoms with Gasteiger partial charge < -0.3 is 10.1 Å². The van der Waals surface area contributed by atoms with Gasteiger partial charge in [-0.3, -0.25) is 4.79 Å². The van der Waals surface area contributed by atoms with Gasteiger partial charge in [0, 0.05) is 13.5 Å². The monoisotopic (exact) mass is 249 g/mol. The molecule has 0 aromatic heterocycles. The molecule has 0 aliphatic carbocycles. The third-order valence-corrected chi connectivity index (χ3v) is 2.78. The van der Waals surface area contributed by atoms with E-state index < -0.39 is 0 Å². The average Bonchev–Trinajstić information content (AvgIpc) is 2.39. The first kappa shape index (κ1) is 14.6. The van der Waals surface area contributed by atoms with Gasteiger partial charge in [0.2, 0.25) is 5.91 Å². The third kappa shape index (κ3) is 5.71. The molecule has 3 heteroatoms. The zero-order valence-electron chi connectivity index (χ0n) is 11.4. The van der Waals surface area contributed by atoms with Crippen molar-refractivity contribution in [2.24, 2.45) is 0 Å². The highest BCUT2D eigenvalue weighted by molar-refractivity contribution is 5.75. The molecular formula is C15H23NO2. The first-order valence-corrected chi connectivity index (χ1v) is 6.68. The van der Waals surface area contributed by atoms with Crippen LogP contribution in [0.15, 0.2) is 24.3 Å². The van der Waals surface area contributed by atoms with Gasteiger partial charge in [-0.05, 0) is 37.0 Å². The lowest BCUT2D eigenvalue weighted by Gasteiger charge is -2.07. The van der Waals surface area contributed by atoms with Crippen LogP contribution in [-0.4, -0.2) is 19.6 Å². The van der Waals surface area contributed by atoms with Crippen LogP contribution < -0.4 is 10.1 Å². The van der Waals surface area contributed by atoms with Gasteiger partial charge in [0.05, 0.1) is 6.61 Å². The van der Waals surface area contributed by atoms with E-state index in [1.165, 1.54) is 5.56 Å². The van der Waals surface area contributed by atoms with E-state index in [9.17, 15) is 4.79 Å². The third-order valence-electron chi connectivity index (χ3n) is 2.78. The van der Waals surface area contributed by atoms with E-state index in [-0.39, 0.29) is 5.91 Å². The molecule has 0 fully saturated rings. The van der Waals surface area contributed by atoms with E-state index in [1.54, 1.807) is 7.05 Å². The number of ether oxygens (including phenoxy) is 1. The first-order chi connectivity index (χ1) is 8.76. The maximum absolute atomic E-state index is 11.0. The number of hydrogen-bond acceptors (Lipinski definition) is 2. The van der Waals surface area contributed by atoms with Crippen molar-refractivity contribution in [2.75, 3.05) is 13.7 Å². The van der Waals surface area contributed by atoms with E-state index in [0.29, 0.717) is 13.0 Å². The van der Waals surface area contributed by atoms with Gasteiger partial charge >= 0.3 is 0 Å². The Bertz CT molecular complexity index is 363. The highest BCUT2D eigenvalue weighted by Crippen LogP contribution is 2.15. The second-order valence-electron chi connectivity index (χ2n) is 4.38. The number of carbonyl (C=O) groups is 1. The predicted molar refractivity (Wildman–Crippen MR) is 73.8 cm³/mol. The van der Waals surface area contributed by atoms with Gasteiger partial charge in [-0.15, -0.1) is 0 Å². The van der Waals surface area contributed by atoms with Crippen LogP contribution in [0.2, 0.25) is 0 Å². The van der Waals surface area contributed by atoms with Crippen molar-refractivity contribution in [1.82, 2.24) is 5.32 Å². The summed E-state index contributed by atoms with van der Waals surface area (Å²) in [5, 5.41) is 2.62. The number of unbranched alkanes of at least 4 members (excludes halogenated alkanes) is 1. The van der Waals surface area contributed by atoms with Crippen molar-refractivity contribution in [3.05, 3.63) is 29.8 Å². The molecule has 0 unspecified atom stereocenters. The number of carbonyl (C=O) groups excluding carboxylic acids is 1. The van der Waals surface area contributed by atoms with E-state index in [0.717, 1.165) is 31.4 Å². The van der Waals surface area contributed by atoms with Crippen LogP contribution in [0.1, 0.15) is 38.2 Å². The highest BCUT2D eigenvalue weighted by Gasteiger charge is 1.99. The number of amides is 1. The van der Waals surface area contributed by atoms with Crippen LogP contribution >= 0.6 is 0 Å². The smallest absolute Gasteiger partial charge is 0.219 e. The lowest BCUT2D eigenvalue weighted by Crippen LogP contribution is -2.17. The zero-order chi connectivity index (χ0) is 13.2. The summed E-state index contributed by atoms with van der Waals surface area (Å²) in [5.41, 5.74) is 1.32. The fourth-order valence-corrected chi connectivity index (χ4v) is 1.78. The zero-order valence-corrected chi connectivity index (χ0v) is 11.4. The van der Waals surface area contributed by atoms with Crippen molar-refractivity contribution >= 4 is 5.91 Å². The Morgan fingerprint density at radius 3 is 2.89 bits per heavy atom. The standard InChI is InChI=1S/C15H23NO2/c1-3-7-13-8-6-9-14(12-13)18-11-5-4-10-15(17)16-2/h6,8-9,12H,3-5,7,10-11H2,1-2H3,(H,16,17). The Morgan fingerprint density at radius 1 is 1.33 bits per heavy atom. The summed E-state index contributed by atoms with van der Waals surface area (Å²) >= 11 is 0. The minimum Gasteiger partial charge on any atom is -0.494 e. The number of aryl methyl sites for hydroxylation is 1. The van der Waals surface area contributed by atoms with Crippen LogP contribution in [0, 0.1) is 0 Å². The molecule has 0 saturated heterocycles. The second-order valence-corrected chi connectivity index (χ2v) is 4.38. The Morgan fingerprint density at radius 2 is 2.17 bits per heavy atom. The molecule has 18 heavy (non-hydrogen) atoms. The number of nitrogens with one attached hydrogen (secondary N) is 1. The normalized spacial score (nSPS) is 10.1. The highest BCUT2D eigenvalue weighted by atomic mass is 16.5. The Hall–Kier alpha value is -1.51. The summed E-state index contributed by atoms with van der Waals surface area (Å²) in [6.45, 7) is 2.85. The van der Waals surface area contributed by atoms with Crippen molar-refractivity contribution in [1.29, 1.82) is 0 Å². The molecule has 1 amide bonds. The minimum atomic E-state index is 0.0972. The molecule has 3 nitrogen and oxygen atoms in total. The van der Waals surface area contributed by atoms with Crippen molar-refractivity contribution in [3.63, 3.8) is 0 Å². The van der Waals surface area contributed by atoms with Crippen molar-refractivity contribution in [3.8, 4) is 5.75 Å². The molecule has 0 heterocycles. The van der Waals surface area contributed by atoms with Gasteiger partial charge in [0.25, 0.3) is 0 Å². The molecule has 0 radical (unpaired) electrons. The Balaban J connectivity index is 2.22. The van der Waals surface area contributed by atoms with Gasteiger partial charge in [-0.1, -0.05) is 25.5 Å². The number of hydrogen-bond donors (Lipinski definition) is 1. The van der Waals surface area contributed by atoms with Crippen molar-refractivity contribution in [2.45, 2.75) is 39.0 Å². The summed E-state index contributed by atoms with van der Waals surface area (Å²) in [6.07, 6.45) is 4.60. The molecule has 0 spiro atoms. The molecule has 0 atom stereocenters. The van der Waals surface area contributed by atoms with Crippen LogP contribution in [0.25, 0.3) is 0 Å². The first-order valence-electron chi connectivity index (χ1n) is 6.68. The van der Waals surface area contributed by atoms with E-state index in [2.05, 4.69) is 24.4 Å². The van der Waals surface area contributed by atoms with Crippen LogP contribution in [0.3, 0.4) is 0 Å². The molecule has 1 rings (SSSR count). The van der Waals surface area contributed by atoms with Gasteiger partial charge in [0.1, 0.15) is 5.75 Å². The lowest BCUT2D eigenvalue weighted by atomic mass is 10.1. The number of rotatable bonds is 8. The molecule has 0 aliphatic rings. The van der Waals surface area contributed by atoms with E-state index in [1.807, 2.05) is 12.1 Å². The molecule has 0 saturated carbocycles. The van der Waals surface area contributed by atoms with Crippen molar-refractivity contribution < 1.29 is 9.53 Å². The van der Waals surface area contributed by atoms with Gasteiger partial charge in [0.15, 0.2) is 0 Å².